The molecule has 2 rings (SSSR count). The molecule has 30 heavy (non-hydrogen) atoms. The summed E-state index contributed by atoms with van der Waals surface area (Å²) in [5.74, 6) is -0.303. The molecule has 1 N–H and O–H groups in total. The van der Waals surface area contributed by atoms with Crippen molar-refractivity contribution in [1.29, 1.82) is 0 Å². The highest BCUT2D eigenvalue weighted by atomic mass is 32.1. The highest BCUT2D eigenvalue weighted by molar-refractivity contribution is 7.20. The van der Waals surface area contributed by atoms with E-state index in [1.165, 1.54) is 22.2 Å². The number of nitrogens with zero attached hydrogens (tertiary/aromatic N) is 4. The highest BCUT2D eigenvalue weighted by Gasteiger charge is 2.20. The monoisotopic (exact) mass is 435 g/mol. The molecule has 0 aliphatic rings. The number of carbonyl (C=O) groups is 2. The molecule has 0 fully saturated rings. The topological polar surface area (TPSA) is 87.5 Å². The third kappa shape index (κ3) is 5.46. The number of carbonyl (C=O) groups excluding carboxylic acids is 2. The first-order valence-electron chi connectivity index (χ1n) is 10.6. The number of hydrogen-bond acceptors (Lipinski definition) is 6. The molecule has 0 bridgehead atoms. The van der Waals surface area contributed by atoms with Gasteiger partial charge in [0.1, 0.15) is 11.4 Å². The number of rotatable bonds is 11. The van der Waals surface area contributed by atoms with Crippen molar-refractivity contribution in [3.05, 3.63) is 27.1 Å². The predicted molar refractivity (Wildman–Crippen MR) is 121 cm³/mol. The first-order chi connectivity index (χ1) is 14.4. The molecular weight excluding hydrogens is 402 g/mol. The molecule has 0 saturated carbocycles. The van der Waals surface area contributed by atoms with E-state index in [0.29, 0.717) is 40.3 Å². The van der Waals surface area contributed by atoms with Gasteiger partial charge in [0.15, 0.2) is 0 Å². The average Bonchev–Trinajstić information content (AvgIpc) is 3.08. The number of hydrogen-bond donors (Lipinski definition) is 1. The SMILES string of the molecule is CCN(CC)CCCNC(=O)c1sc2ncn(CC(=O)N(CC)CC)c(=O)c2c1C. The van der Waals surface area contributed by atoms with Crippen LogP contribution in [0.1, 0.15) is 49.4 Å². The van der Waals surface area contributed by atoms with Crippen LogP contribution in [0.15, 0.2) is 11.1 Å². The third-order valence-corrected chi connectivity index (χ3v) is 6.57. The van der Waals surface area contributed by atoms with Crippen LogP contribution < -0.4 is 10.9 Å². The van der Waals surface area contributed by atoms with Crippen LogP contribution in [0.25, 0.3) is 10.2 Å². The Balaban J connectivity index is 2.15. The average molecular weight is 436 g/mol. The van der Waals surface area contributed by atoms with E-state index in [2.05, 4.69) is 29.0 Å². The molecule has 2 aromatic heterocycles. The predicted octanol–water partition coefficient (Wildman–Crippen LogP) is 2.10. The Labute approximate surface area is 181 Å². The third-order valence-electron chi connectivity index (χ3n) is 5.38. The number of amides is 2. The second-order valence-electron chi connectivity index (χ2n) is 7.12. The van der Waals surface area contributed by atoms with Crippen LogP contribution in [0.3, 0.4) is 0 Å². The summed E-state index contributed by atoms with van der Waals surface area (Å²) in [4.78, 5) is 47.3. The zero-order valence-electron chi connectivity index (χ0n) is 18.7. The Morgan fingerprint density at radius 2 is 1.80 bits per heavy atom. The molecule has 0 radical (unpaired) electrons. The smallest absolute Gasteiger partial charge is 0.262 e. The van der Waals surface area contributed by atoms with E-state index in [1.807, 2.05) is 13.8 Å². The van der Waals surface area contributed by atoms with Crippen LogP contribution in [-0.2, 0) is 11.3 Å². The molecule has 0 unspecified atom stereocenters. The van der Waals surface area contributed by atoms with Gasteiger partial charge in [-0.3, -0.25) is 19.0 Å². The molecule has 0 aromatic carbocycles. The number of thiophene rings is 1. The molecule has 0 aliphatic carbocycles. The number of aryl methyl sites for hydroxylation is 1. The molecule has 0 atom stereocenters. The number of nitrogens with one attached hydrogen (secondary N) is 1. The zero-order chi connectivity index (χ0) is 22.3. The van der Waals surface area contributed by atoms with E-state index in [0.717, 1.165) is 26.1 Å². The summed E-state index contributed by atoms with van der Waals surface area (Å²) in [5, 5.41) is 3.37. The minimum Gasteiger partial charge on any atom is -0.351 e. The second-order valence-corrected chi connectivity index (χ2v) is 8.12. The summed E-state index contributed by atoms with van der Waals surface area (Å²) in [5.41, 5.74) is 0.341. The van der Waals surface area contributed by atoms with E-state index in [1.54, 1.807) is 11.8 Å². The van der Waals surface area contributed by atoms with Crippen molar-refractivity contribution in [1.82, 2.24) is 24.7 Å². The molecule has 0 aliphatic heterocycles. The van der Waals surface area contributed by atoms with Crippen LogP contribution in [0.2, 0.25) is 0 Å². The van der Waals surface area contributed by atoms with Gasteiger partial charge in [0.25, 0.3) is 11.5 Å². The normalized spacial score (nSPS) is 11.3. The van der Waals surface area contributed by atoms with Crippen molar-refractivity contribution in [2.45, 2.75) is 47.6 Å². The zero-order valence-corrected chi connectivity index (χ0v) is 19.5. The van der Waals surface area contributed by atoms with Gasteiger partial charge in [-0.15, -0.1) is 11.3 Å². The quantitative estimate of drug-likeness (QED) is 0.546. The molecule has 2 heterocycles. The largest absolute Gasteiger partial charge is 0.351 e. The van der Waals surface area contributed by atoms with Crippen LogP contribution in [0.4, 0.5) is 0 Å². The molecule has 166 valence electrons. The van der Waals surface area contributed by atoms with E-state index in [-0.39, 0.29) is 23.9 Å². The lowest BCUT2D eigenvalue weighted by Crippen LogP contribution is -2.36. The van der Waals surface area contributed by atoms with Gasteiger partial charge in [0, 0.05) is 19.6 Å². The van der Waals surface area contributed by atoms with E-state index in [9.17, 15) is 14.4 Å². The molecule has 9 heteroatoms. The fourth-order valence-electron chi connectivity index (χ4n) is 3.44. The number of likely N-dealkylation sites (N-methyl/N-ethyl adjacent to an activating group) is 1. The fourth-order valence-corrected chi connectivity index (χ4v) is 4.49. The lowest BCUT2D eigenvalue weighted by atomic mass is 10.2. The molecular formula is C21H33N5O3S. The standard InChI is InChI=1S/C21H33N5O3S/c1-6-24(7-2)12-10-11-22-19(28)18-15(5)17-20(30-18)23-14-26(21(17)29)13-16(27)25(8-3)9-4/h14H,6-13H2,1-5H3,(H,22,28). The lowest BCUT2D eigenvalue weighted by molar-refractivity contribution is -0.131. The Bertz CT molecular complexity index is 929. The first kappa shape index (κ1) is 24.0. The van der Waals surface area contributed by atoms with Crippen molar-refractivity contribution < 1.29 is 9.59 Å². The fraction of sp³-hybridized carbons (Fsp3) is 0.619. The van der Waals surface area contributed by atoms with Gasteiger partial charge < -0.3 is 15.1 Å². The minimum atomic E-state index is -0.283. The van der Waals surface area contributed by atoms with Gasteiger partial charge >= 0.3 is 0 Å². The molecule has 2 aromatic rings. The van der Waals surface area contributed by atoms with Crippen LogP contribution in [-0.4, -0.2) is 70.4 Å². The van der Waals surface area contributed by atoms with E-state index >= 15 is 0 Å². The Kier molecular flexibility index (Phi) is 8.98. The molecule has 8 nitrogen and oxygen atoms in total. The Morgan fingerprint density at radius 1 is 1.13 bits per heavy atom. The minimum absolute atomic E-state index is 0.0500. The maximum atomic E-state index is 12.9. The van der Waals surface area contributed by atoms with Gasteiger partial charge in [-0.05, 0) is 52.4 Å². The lowest BCUT2D eigenvalue weighted by Gasteiger charge is -2.18. The van der Waals surface area contributed by atoms with Gasteiger partial charge in [0.2, 0.25) is 5.91 Å². The van der Waals surface area contributed by atoms with Gasteiger partial charge in [-0.1, -0.05) is 13.8 Å². The summed E-state index contributed by atoms with van der Waals surface area (Å²) < 4.78 is 1.33. The van der Waals surface area contributed by atoms with Gasteiger partial charge in [-0.2, -0.15) is 0 Å². The highest BCUT2D eigenvalue weighted by Crippen LogP contribution is 2.26. The molecule has 0 spiro atoms. The summed E-state index contributed by atoms with van der Waals surface area (Å²) >= 11 is 1.22. The van der Waals surface area contributed by atoms with Crippen LogP contribution in [0, 0.1) is 6.92 Å². The summed E-state index contributed by atoms with van der Waals surface area (Å²) in [7, 11) is 0. The van der Waals surface area contributed by atoms with Crippen molar-refractivity contribution >= 4 is 33.4 Å². The van der Waals surface area contributed by atoms with Gasteiger partial charge in [0.05, 0.1) is 16.6 Å². The molecule has 2 amide bonds. The number of fused-ring (bicyclic) bond motifs is 1. The van der Waals surface area contributed by atoms with Crippen LogP contribution in [0.5, 0.6) is 0 Å². The summed E-state index contributed by atoms with van der Waals surface area (Å²) in [6.07, 6.45) is 2.27. The van der Waals surface area contributed by atoms with E-state index in [4.69, 9.17) is 0 Å². The summed E-state index contributed by atoms with van der Waals surface area (Å²) in [6, 6.07) is 0. The van der Waals surface area contributed by atoms with Crippen LogP contribution >= 0.6 is 11.3 Å². The maximum Gasteiger partial charge on any atom is 0.262 e. The first-order valence-corrected chi connectivity index (χ1v) is 11.5. The summed E-state index contributed by atoms with van der Waals surface area (Å²) in [6.45, 7) is 14.5. The van der Waals surface area contributed by atoms with Crippen molar-refractivity contribution in [2.75, 3.05) is 39.3 Å². The Morgan fingerprint density at radius 3 is 2.40 bits per heavy atom. The van der Waals surface area contributed by atoms with Gasteiger partial charge in [-0.25, -0.2) is 4.98 Å². The Hall–Kier alpha value is -2.26. The number of aromatic nitrogens is 2. The maximum absolute atomic E-state index is 12.9. The van der Waals surface area contributed by atoms with Crippen molar-refractivity contribution in [2.24, 2.45) is 0 Å². The second kappa shape index (κ2) is 11.2. The van der Waals surface area contributed by atoms with Crippen molar-refractivity contribution in [3.8, 4) is 0 Å². The van der Waals surface area contributed by atoms with E-state index < -0.39 is 0 Å². The van der Waals surface area contributed by atoms with Crippen molar-refractivity contribution in [3.63, 3.8) is 0 Å². The molecule has 0 saturated heterocycles.